The highest BCUT2D eigenvalue weighted by molar-refractivity contribution is 6.06. The lowest BCUT2D eigenvalue weighted by molar-refractivity contribution is -0.155. The summed E-state index contributed by atoms with van der Waals surface area (Å²) in [5.41, 5.74) is 4.81. The Morgan fingerprint density at radius 2 is 1.33 bits per heavy atom. The summed E-state index contributed by atoms with van der Waals surface area (Å²) < 4.78 is 0. The number of carbonyl (C=O) groups is 4. The van der Waals surface area contributed by atoms with Crippen LogP contribution in [0.25, 0.3) is 0 Å². The van der Waals surface area contributed by atoms with Gasteiger partial charge >= 0.3 is 17.9 Å². The van der Waals surface area contributed by atoms with Crippen molar-refractivity contribution in [2.75, 3.05) is 0 Å². The second-order valence-electron chi connectivity index (χ2n) is 2.43. The van der Waals surface area contributed by atoms with Gasteiger partial charge in [-0.05, 0) is 0 Å². The molecule has 1 atom stereocenters. The second kappa shape index (κ2) is 4.91. The van der Waals surface area contributed by atoms with Gasteiger partial charge in [0.25, 0.3) is 0 Å². The molecule has 0 saturated heterocycles. The number of carboxylic acids is 3. The van der Waals surface area contributed by atoms with Gasteiger partial charge in [0.15, 0.2) is 6.04 Å². The molecule has 0 aromatic carbocycles. The normalized spacial score (nSPS) is 11.9. The average Bonchev–Trinajstić information content (AvgIpc) is 2.11. The summed E-state index contributed by atoms with van der Waals surface area (Å²) in [6.45, 7) is 0. The van der Waals surface area contributed by atoms with Crippen LogP contribution in [0.1, 0.15) is 0 Å². The zero-order chi connectivity index (χ0) is 12.2. The smallest absolute Gasteiger partial charge is 0.338 e. The Balaban J connectivity index is 4.56. The van der Waals surface area contributed by atoms with Crippen molar-refractivity contribution in [3.63, 3.8) is 0 Å². The Morgan fingerprint density at radius 3 is 1.60 bits per heavy atom. The molecule has 15 heavy (non-hydrogen) atoms. The lowest BCUT2D eigenvalue weighted by Gasteiger charge is -2.11. The first kappa shape index (κ1) is 12.8. The third-order valence-electron chi connectivity index (χ3n) is 1.33. The van der Waals surface area contributed by atoms with Crippen LogP contribution in [0.5, 0.6) is 0 Å². The lowest BCUT2D eigenvalue weighted by Crippen LogP contribution is -2.54. The lowest BCUT2D eigenvalue weighted by atomic mass is 10.2. The maximum atomic E-state index is 10.9. The quantitative estimate of drug-likeness (QED) is 0.306. The van der Waals surface area contributed by atoms with E-state index in [4.69, 9.17) is 21.1 Å². The highest BCUT2D eigenvalue weighted by Gasteiger charge is 2.31. The van der Waals surface area contributed by atoms with E-state index in [0.717, 1.165) is 0 Å². The molecule has 9 heteroatoms. The molecule has 0 radical (unpaired) electrons. The number of nitrogens with one attached hydrogen (secondary N) is 1. The second-order valence-corrected chi connectivity index (χ2v) is 2.43. The number of carboxylic acid groups (broad SMARTS) is 3. The summed E-state index contributed by atoms with van der Waals surface area (Å²) in [4.78, 5) is 41.6. The van der Waals surface area contributed by atoms with Crippen LogP contribution in [0.15, 0.2) is 0 Å². The molecule has 0 aliphatic heterocycles. The molecule has 0 rings (SSSR count). The molecule has 9 nitrogen and oxygen atoms in total. The molecule has 0 spiro atoms. The van der Waals surface area contributed by atoms with E-state index >= 15 is 0 Å². The van der Waals surface area contributed by atoms with E-state index in [0.29, 0.717) is 0 Å². The highest BCUT2D eigenvalue weighted by Crippen LogP contribution is 1.87. The summed E-state index contributed by atoms with van der Waals surface area (Å²) >= 11 is 0. The average molecular weight is 220 g/mol. The minimum Gasteiger partial charge on any atom is -0.480 e. The summed E-state index contributed by atoms with van der Waals surface area (Å²) in [5, 5.41) is 26.4. The Hall–Kier alpha value is -2.16. The van der Waals surface area contributed by atoms with Gasteiger partial charge in [0.1, 0.15) is 0 Å². The van der Waals surface area contributed by atoms with Crippen molar-refractivity contribution in [3.8, 4) is 0 Å². The monoisotopic (exact) mass is 220 g/mol. The number of aliphatic carboxylic acids is 3. The molecule has 0 aromatic heterocycles. The highest BCUT2D eigenvalue weighted by atomic mass is 16.4. The first-order valence-corrected chi connectivity index (χ1v) is 3.51. The molecule has 0 aromatic rings. The standard InChI is InChI=1S/C6H8N2O7/c7-1(4(10)11)3(9)8-2(5(12)13)6(14)15/h1-2H,7H2,(H,8,9)(H,10,11)(H,12,13)(H,14,15). The summed E-state index contributed by atoms with van der Waals surface area (Å²) in [6, 6.07) is -4.23. The van der Waals surface area contributed by atoms with Crippen LogP contribution in [0.3, 0.4) is 0 Å². The molecule has 0 aliphatic rings. The van der Waals surface area contributed by atoms with Crippen molar-refractivity contribution in [2.24, 2.45) is 5.73 Å². The van der Waals surface area contributed by atoms with Gasteiger partial charge in [-0.2, -0.15) is 0 Å². The van der Waals surface area contributed by atoms with Gasteiger partial charge < -0.3 is 26.4 Å². The summed E-state index contributed by atoms with van der Waals surface area (Å²) in [7, 11) is 0. The molecule has 0 fully saturated rings. The zero-order valence-corrected chi connectivity index (χ0v) is 7.21. The van der Waals surface area contributed by atoms with E-state index in [-0.39, 0.29) is 0 Å². The molecule has 0 aliphatic carbocycles. The maximum absolute atomic E-state index is 10.9. The van der Waals surface area contributed by atoms with E-state index in [2.05, 4.69) is 0 Å². The minimum absolute atomic E-state index is 1.39. The van der Waals surface area contributed by atoms with E-state index in [1.165, 1.54) is 5.32 Å². The zero-order valence-electron chi connectivity index (χ0n) is 7.21. The van der Waals surface area contributed by atoms with Crippen LogP contribution in [0, 0.1) is 0 Å². The fraction of sp³-hybridized carbons (Fsp3) is 0.333. The number of carbonyl (C=O) groups excluding carboxylic acids is 1. The first-order chi connectivity index (χ1) is 6.77. The predicted molar refractivity (Wildman–Crippen MR) is 42.8 cm³/mol. The van der Waals surface area contributed by atoms with Crippen molar-refractivity contribution in [2.45, 2.75) is 12.1 Å². The molecule has 0 heterocycles. The van der Waals surface area contributed by atoms with E-state index in [1.807, 2.05) is 0 Å². The van der Waals surface area contributed by atoms with Crippen molar-refractivity contribution in [3.05, 3.63) is 0 Å². The Labute approximate surface area is 82.5 Å². The molecule has 0 saturated carbocycles. The van der Waals surface area contributed by atoms with Crippen LogP contribution in [-0.2, 0) is 19.2 Å². The minimum atomic E-state index is -2.22. The van der Waals surface area contributed by atoms with Crippen LogP contribution in [-0.4, -0.2) is 51.2 Å². The van der Waals surface area contributed by atoms with E-state index < -0.39 is 35.9 Å². The predicted octanol–water partition coefficient (Wildman–Crippen LogP) is -2.95. The maximum Gasteiger partial charge on any atom is 0.338 e. The van der Waals surface area contributed by atoms with Gasteiger partial charge in [-0.15, -0.1) is 0 Å². The molecular weight excluding hydrogens is 212 g/mol. The summed E-state index contributed by atoms with van der Waals surface area (Å²) in [6.07, 6.45) is 0. The van der Waals surface area contributed by atoms with Crippen LogP contribution < -0.4 is 11.1 Å². The largest absolute Gasteiger partial charge is 0.480 e. The van der Waals surface area contributed by atoms with E-state index in [9.17, 15) is 19.2 Å². The molecule has 0 bridgehead atoms. The number of rotatable bonds is 5. The molecular formula is C6H8N2O7. The topological polar surface area (TPSA) is 167 Å². The van der Waals surface area contributed by atoms with Crippen LogP contribution >= 0.6 is 0 Å². The fourth-order valence-corrected chi connectivity index (χ4v) is 0.573. The SMILES string of the molecule is NC(C(=O)O)C(=O)NC(C(=O)O)C(=O)O. The summed E-state index contributed by atoms with van der Waals surface area (Å²) in [5.74, 6) is -6.73. The first-order valence-electron chi connectivity index (χ1n) is 3.51. The van der Waals surface area contributed by atoms with Gasteiger partial charge in [-0.25, -0.2) is 14.4 Å². The van der Waals surface area contributed by atoms with Crippen molar-refractivity contribution in [1.82, 2.24) is 5.32 Å². The number of nitrogens with two attached hydrogens (primary N) is 1. The van der Waals surface area contributed by atoms with Crippen molar-refractivity contribution in [1.29, 1.82) is 0 Å². The molecule has 1 amide bonds. The molecule has 1 unspecified atom stereocenters. The van der Waals surface area contributed by atoms with Gasteiger partial charge in [0.05, 0.1) is 0 Å². The third kappa shape index (κ3) is 3.60. The van der Waals surface area contributed by atoms with Gasteiger partial charge in [0.2, 0.25) is 11.9 Å². The van der Waals surface area contributed by atoms with Gasteiger partial charge in [-0.3, -0.25) is 4.79 Å². The number of hydrogen-bond acceptors (Lipinski definition) is 5. The Bertz CT molecular complexity index is 299. The van der Waals surface area contributed by atoms with Crippen molar-refractivity contribution >= 4 is 23.8 Å². The number of hydrogen-bond donors (Lipinski definition) is 5. The van der Waals surface area contributed by atoms with Crippen LogP contribution in [0.2, 0.25) is 0 Å². The molecule has 6 N–H and O–H groups in total. The van der Waals surface area contributed by atoms with Gasteiger partial charge in [-0.1, -0.05) is 0 Å². The molecule has 84 valence electrons. The van der Waals surface area contributed by atoms with E-state index in [1.54, 1.807) is 0 Å². The fourth-order valence-electron chi connectivity index (χ4n) is 0.573. The van der Waals surface area contributed by atoms with Crippen LogP contribution in [0.4, 0.5) is 0 Å². The van der Waals surface area contributed by atoms with Crippen molar-refractivity contribution < 1.29 is 34.5 Å². The third-order valence-corrected chi connectivity index (χ3v) is 1.33. The Kier molecular flexibility index (Phi) is 4.20. The van der Waals surface area contributed by atoms with Gasteiger partial charge in [0, 0.05) is 0 Å². The number of amides is 1. The Morgan fingerprint density at radius 1 is 0.933 bits per heavy atom.